The monoisotopic (exact) mass is 476 g/mol. The van der Waals surface area contributed by atoms with Crippen molar-refractivity contribution in [2.45, 2.75) is 50.5 Å². The standard InChI is InChI=1S/C28H32N2O5/c31-26(30-19-13-18(14-19)27(32)33)20-8-2-1-7-17(20)15-29-28(34)35-16-25-23-11-5-3-9-21(23)22-10-4-6-12-24(22)25/h3-6,9-12,17-20,25H,1-2,7-8,13-16H2,(H,29,34)(H,30,31)(H,32,33)/t17-,18?,19?,20-/m0/s1. The molecule has 3 N–H and O–H groups in total. The number of carboxylic acid groups (broad SMARTS) is 1. The molecule has 7 heteroatoms. The topological polar surface area (TPSA) is 105 Å². The van der Waals surface area contributed by atoms with Crippen molar-refractivity contribution in [3.8, 4) is 11.1 Å². The molecule has 0 heterocycles. The highest BCUT2D eigenvalue weighted by atomic mass is 16.5. The molecule has 0 bridgehead atoms. The third-order valence-electron chi connectivity index (χ3n) is 7.93. The predicted octanol–water partition coefficient (Wildman–Crippen LogP) is 4.31. The van der Waals surface area contributed by atoms with Gasteiger partial charge in [0.2, 0.25) is 5.91 Å². The van der Waals surface area contributed by atoms with E-state index in [1.54, 1.807) is 0 Å². The van der Waals surface area contributed by atoms with Crippen molar-refractivity contribution < 1.29 is 24.2 Å². The minimum atomic E-state index is -0.793. The first kappa shape index (κ1) is 23.4. The largest absolute Gasteiger partial charge is 0.481 e. The van der Waals surface area contributed by atoms with Gasteiger partial charge in [-0.15, -0.1) is 0 Å². The molecule has 2 amide bonds. The lowest BCUT2D eigenvalue weighted by Crippen LogP contribution is -2.50. The molecule has 0 aromatic heterocycles. The first-order valence-corrected chi connectivity index (χ1v) is 12.6. The van der Waals surface area contributed by atoms with Gasteiger partial charge in [0.25, 0.3) is 0 Å². The molecule has 3 aliphatic rings. The van der Waals surface area contributed by atoms with E-state index in [9.17, 15) is 14.4 Å². The van der Waals surface area contributed by atoms with Gasteiger partial charge < -0.3 is 20.5 Å². The summed E-state index contributed by atoms with van der Waals surface area (Å²) in [4.78, 5) is 36.5. The maximum atomic E-state index is 12.9. The lowest BCUT2D eigenvalue weighted by molar-refractivity contribution is -0.146. The zero-order valence-corrected chi connectivity index (χ0v) is 19.7. The first-order valence-electron chi connectivity index (χ1n) is 12.6. The molecule has 2 atom stereocenters. The average molecular weight is 477 g/mol. The lowest BCUT2D eigenvalue weighted by Gasteiger charge is -2.36. The number of nitrogens with one attached hydrogen (secondary N) is 2. The van der Waals surface area contributed by atoms with Gasteiger partial charge in [0, 0.05) is 24.4 Å². The van der Waals surface area contributed by atoms with Crippen molar-refractivity contribution in [2.75, 3.05) is 13.2 Å². The van der Waals surface area contributed by atoms with Crippen LogP contribution in [0.4, 0.5) is 4.79 Å². The van der Waals surface area contributed by atoms with E-state index in [0.29, 0.717) is 19.4 Å². The Bertz CT molecular complexity index is 1060. The second-order valence-corrected chi connectivity index (χ2v) is 10.1. The number of rotatable bonds is 7. The van der Waals surface area contributed by atoms with Crippen LogP contribution in [0, 0.1) is 17.8 Å². The van der Waals surface area contributed by atoms with E-state index < -0.39 is 12.1 Å². The van der Waals surface area contributed by atoms with Crippen molar-refractivity contribution in [3.63, 3.8) is 0 Å². The average Bonchev–Trinajstić information content (AvgIpc) is 3.17. The van der Waals surface area contributed by atoms with Gasteiger partial charge in [0.1, 0.15) is 6.61 Å². The number of hydrogen-bond acceptors (Lipinski definition) is 4. The summed E-state index contributed by atoms with van der Waals surface area (Å²) in [5, 5.41) is 15.0. The maximum Gasteiger partial charge on any atom is 0.407 e. The molecule has 0 aliphatic heterocycles. The summed E-state index contributed by atoms with van der Waals surface area (Å²) in [5.41, 5.74) is 4.72. The molecule has 0 radical (unpaired) electrons. The van der Waals surface area contributed by atoms with Crippen LogP contribution in [0.25, 0.3) is 11.1 Å². The van der Waals surface area contributed by atoms with Crippen LogP contribution >= 0.6 is 0 Å². The van der Waals surface area contributed by atoms with Gasteiger partial charge in [-0.1, -0.05) is 61.4 Å². The Balaban J connectivity index is 1.13. The molecule has 3 aliphatic carbocycles. The molecule has 0 spiro atoms. The number of benzene rings is 2. The number of carbonyl (C=O) groups excluding carboxylic acids is 2. The number of amides is 2. The van der Waals surface area contributed by atoms with Crippen LogP contribution in [0.3, 0.4) is 0 Å². The minimum absolute atomic E-state index is 0.0125. The Morgan fingerprint density at radius 1 is 0.914 bits per heavy atom. The van der Waals surface area contributed by atoms with E-state index in [2.05, 4.69) is 34.9 Å². The van der Waals surface area contributed by atoms with Crippen LogP contribution in [0.15, 0.2) is 48.5 Å². The quantitative estimate of drug-likeness (QED) is 0.552. The van der Waals surface area contributed by atoms with Crippen LogP contribution in [0.5, 0.6) is 0 Å². The van der Waals surface area contributed by atoms with Gasteiger partial charge in [-0.25, -0.2) is 4.79 Å². The van der Waals surface area contributed by atoms with E-state index >= 15 is 0 Å². The molecule has 5 rings (SSSR count). The zero-order valence-electron chi connectivity index (χ0n) is 19.7. The Labute approximate surface area is 205 Å². The number of aliphatic carboxylic acids is 1. The molecule has 35 heavy (non-hydrogen) atoms. The summed E-state index contributed by atoms with van der Waals surface area (Å²) >= 11 is 0. The molecular weight excluding hydrogens is 444 g/mol. The van der Waals surface area contributed by atoms with Gasteiger partial charge in [-0.05, 0) is 53.9 Å². The second kappa shape index (κ2) is 10.1. The van der Waals surface area contributed by atoms with Crippen molar-refractivity contribution in [3.05, 3.63) is 59.7 Å². The number of fused-ring (bicyclic) bond motifs is 3. The summed E-state index contributed by atoms with van der Waals surface area (Å²) < 4.78 is 5.65. The Hall–Kier alpha value is -3.35. The lowest BCUT2D eigenvalue weighted by atomic mass is 9.76. The molecule has 2 aromatic rings. The van der Waals surface area contributed by atoms with Gasteiger partial charge in [0.15, 0.2) is 0 Å². The fourth-order valence-corrected chi connectivity index (χ4v) is 5.91. The molecule has 2 fully saturated rings. The SMILES string of the molecule is O=C(NC[C@@H]1CCCC[C@@H]1C(=O)NC1CC(C(=O)O)C1)OCC1c2ccccc2-c2ccccc21. The number of hydrogen-bond donors (Lipinski definition) is 3. The van der Waals surface area contributed by atoms with Crippen molar-refractivity contribution >= 4 is 18.0 Å². The highest BCUT2D eigenvalue weighted by molar-refractivity contribution is 5.81. The van der Waals surface area contributed by atoms with Gasteiger partial charge in [-0.3, -0.25) is 9.59 Å². The van der Waals surface area contributed by atoms with Crippen molar-refractivity contribution in [1.29, 1.82) is 0 Å². The fraction of sp³-hybridized carbons (Fsp3) is 0.464. The summed E-state index contributed by atoms with van der Waals surface area (Å²) in [6, 6.07) is 16.4. The van der Waals surface area contributed by atoms with Gasteiger partial charge in [0.05, 0.1) is 5.92 Å². The van der Waals surface area contributed by atoms with Crippen LogP contribution in [0.2, 0.25) is 0 Å². The normalized spacial score (nSPS) is 25.0. The molecule has 0 unspecified atom stereocenters. The van der Waals surface area contributed by atoms with E-state index in [1.807, 2.05) is 24.3 Å². The second-order valence-electron chi connectivity index (χ2n) is 10.1. The van der Waals surface area contributed by atoms with Crippen LogP contribution in [-0.2, 0) is 14.3 Å². The first-order chi connectivity index (χ1) is 17.0. The van der Waals surface area contributed by atoms with Crippen LogP contribution in [0.1, 0.15) is 55.6 Å². The van der Waals surface area contributed by atoms with E-state index in [-0.39, 0.29) is 42.2 Å². The number of alkyl carbamates (subject to hydrolysis) is 1. The molecule has 184 valence electrons. The third kappa shape index (κ3) is 4.90. The molecule has 0 saturated heterocycles. The van der Waals surface area contributed by atoms with E-state index in [0.717, 1.165) is 25.7 Å². The Morgan fingerprint density at radius 2 is 1.54 bits per heavy atom. The third-order valence-corrected chi connectivity index (χ3v) is 7.93. The smallest absolute Gasteiger partial charge is 0.407 e. The van der Waals surface area contributed by atoms with Crippen molar-refractivity contribution in [1.82, 2.24) is 10.6 Å². The number of ether oxygens (including phenoxy) is 1. The molecule has 2 saturated carbocycles. The molecule has 2 aromatic carbocycles. The van der Waals surface area contributed by atoms with Gasteiger partial charge >= 0.3 is 12.1 Å². The van der Waals surface area contributed by atoms with Crippen LogP contribution in [-0.4, -0.2) is 42.3 Å². The highest BCUT2D eigenvalue weighted by Crippen LogP contribution is 2.44. The highest BCUT2D eigenvalue weighted by Gasteiger charge is 2.38. The summed E-state index contributed by atoms with van der Waals surface area (Å²) in [5.74, 6) is -1.26. The fourth-order valence-electron chi connectivity index (χ4n) is 5.91. The van der Waals surface area contributed by atoms with Crippen LogP contribution < -0.4 is 10.6 Å². The molecular formula is C28H32N2O5. The predicted molar refractivity (Wildman–Crippen MR) is 131 cm³/mol. The van der Waals surface area contributed by atoms with Gasteiger partial charge in [-0.2, -0.15) is 0 Å². The minimum Gasteiger partial charge on any atom is -0.481 e. The number of carbonyl (C=O) groups is 3. The summed E-state index contributed by atoms with van der Waals surface area (Å²) in [6.07, 6.45) is 4.22. The van der Waals surface area contributed by atoms with Crippen molar-refractivity contribution in [2.24, 2.45) is 17.8 Å². The number of carboxylic acids is 1. The molecule has 7 nitrogen and oxygen atoms in total. The zero-order chi connectivity index (χ0) is 24.4. The van der Waals surface area contributed by atoms with E-state index in [4.69, 9.17) is 9.84 Å². The summed E-state index contributed by atoms with van der Waals surface area (Å²) in [6.45, 7) is 0.665. The van der Waals surface area contributed by atoms with E-state index in [1.165, 1.54) is 22.3 Å². The Kier molecular flexibility index (Phi) is 6.75. The maximum absolute atomic E-state index is 12.9. The Morgan fingerprint density at radius 3 is 2.20 bits per heavy atom. The summed E-state index contributed by atoms with van der Waals surface area (Å²) in [7, 11) is 0.